The number of ether oxygens (including phenoxy) is 3. The first kappa shape index (κ1) is 16.8. The second-order valence-electron chi connectivity index (χ2n) is 5.64. The Balaban J connectivity index is 1.97. The molecule has 128 valence electrons. The fourth-order valence-electron chi connectivity index (χ4n) is 3.01. The summed E-state index contributed by atoms with van der Waals surface area (Å²) in [6, 6.07) is 5.69. The number of fused-ring (bicyclic) bond motifs is 1. The van der Waals surface area contributed by atoms with Gasteiger partial charge in [0.05, 0.1) is 31.4 Å². The van der Waals surface area contributed by atoms with Crippen LogP contribution in [0.15, 0.2) is 23.6 Å². The van der Waals surface area contributed by atoms with E-state index in [4.69, 9.17) is 14.2 Å². The van der Waals surface area contributed by atoms with Gasteiger partial charge in [-0.05, 0) is 29.9 Å². The van der Waals surface area contributed by atoms with Gasteiger partial charge in [-0.2, -0.15) is 0 Å². The first-order valence-electron chi connectivity index (χ1n) is 7.81. The molecular formula is C18H21NO4S. The van der Waals surface area contributed by atoms with Crippen molar-refractivity contribution in [3.63, 3.8) is 0 Å². The molecule has 0 atom stereocenters. The van der Waals surface area contributed by atoms with E-state index in [-0.39, 0.29) is 5.91 Å². The van der Waals surface area contributed by atoms with Crippen molar-refractivity contribution in [2.24, 2.45) is 0 Å². The SMILES string of the molecule is COCc1csc(C(=O)N2CCCc3c(OC)cc(OC)cc32)c1. The molecule has 5 nitrogen and oxygen atoms in total. The van der Waals surface area contributed by atoms with Crippen molar-refractivity contribution in [1.29, 1.82) is 0 Å². The van der Waals surface area contributed by atoms with Gasteiger partial charge in [-0.15, -0.1) is 11.3 Å². The summed E-state index contributed by atoms with van der Waals surface area (Å²) in [6.45, 7) is 1.21. The summed E-state index contributed by atoms with van der Waals surface area (Å²) >= 11 is 1.45. The van der Waals surface area contributed by atoms with Crippen LogP contribution in [0.2, 0.25) is 0 Å². The molecule has 0 aliphatic carbocycles. The second kappa shape index (κ2) is 7.23. The Bertz CT molecular complexity index is 741. The maximum Gasteiger partial charge on any atom is 0.268 e. The van der Waals surface area contributed by atoms with E-state index in [9.17, 15) is 4.79 Å². The van der Waals surface area contributed by atoms with E-state index >= 15 is 0 Å². The Morgan fingerprint density at radius 1 is 1.21 bits per heavy atom. The minimum Gasteiger partial charge on any atom is -0.497 e. The molecule has 1 aromatic heterocycles. The number of hydrogen-bond donors (Lipinski definition) is 0. The molecule has 0 saturated carbocycles. The van der Waals surface area contributed by atoms with Crippen LogP contribution in [0.3, 0.4) is 0 Å². The van der Waals surface area contributed by atoms with Crippen LogP contribution in [0.1, 0.15) is 27.2 Å². The van der Waals surface area contributed by atoms with Crippen molar-refractivity contribution in [3.8, 4) is 11.5 Å². The van der Waals surface area contributed by atoms with Gasteiger partial charge in [0.25, 0.3) is 5.91 Å². The van der Waals surface area contributed by atoms with Gasteiger partial charge in [0.2, 0.25) is 0 Å². The predicted molar refractivity (Wildman–Crippen MR) is 94.6 cm³/mol. The number of hydrogen-bond acceptors (Lipinski definition) is 5. The van der Waals surface area contributed by atoms with Gasteiger partial charge in [-0.3, -0.25) is 4.79 Å². The standard InChI is InChI=1S/C18H21NO4S/c1-21-10-12-7-17(24-11-12)18(20)19-6-4-5-14-15(19)8-13(22-2)9-16(14)23-3/h7-9,11H,4-6,10H2,1-3H3. The summed E-state index contributed by atoms with van der Waals surface area (Å²) in [5.74, 6) is 1.48. The highest BCUT2D eigenvalue weighted by molar-refractivity contribution is 7.12. The maximum atomic E-state index is 13.0. The zero-order valence-corrected chi connectivity index (χ0v) is 14.9. The summed E-state index contributed by atoms with van der Waals surface area (Å²) in [4.78, 5) is 15.5. The van der Waals surface area contributed by atoms with Crippen LogP contribution in [-0.2, 0) is 17.8 Å². The van der Waals surface area contributed by atoms with Crippen LogP contribution in [0.5, 0.6) is 11.5 Å². The average Bonchev–Trinajstić information content (AvgIpc) is 3.08. The van der Waals surface area contributed by atoms with E-state index in [1.807, 2.05) is 28.5 Å². The Morgan fingerprint density at radius 3 is 2.75 bits per heavy atom. The maximum absolute atomic E-state index is 13.0. The molecule has 0 spiro atoms. The van der Waals surface area contributed by atoms with Crippen molar-refractivity contribution in [2.75, 3.05) is 32.8 Å². The first-order valence-corrected chi connectivity index (χ1v) is 8.69. The van der Waals surface area contributed by atoms with E-state index in [1.165, 1.54) is 11.3 Å². The fraction of sp³-hybridized carbons (Fsp3) is 0.389. The summed E-state index contributed by atoms with van der Waals surface area (Å²) in [7, 11) is 4.91. The number of rotatable bonds is 5. The quantitative estimate of drug-likeness (QED) is 0.830. The number of carbonyl (C=O) groups excluding carboxylic acids is 1. The zero-order chi connectivity index (χ0) is 17.1. The molecule has 0 fully saturated rings. The number of nitrogens with zero attached hydrogens (tertiary/aromatic N) is 1. The highest BCUT2D eigenvalue weighted by atomic mass is 32.1. The molecule has 24 heavy (non-hydrogen) atoms. The lowest BCUT2D eigenvalue weighted by molar-refractivity contribution is 0.0988. The van der Waals surface area contributed by atoms with Crippen LogP contribution in [0, 0.1) is 0 Å². The van der Waals surface area contributed by atoms with Gasteiger partial charge < -0.3 is 19.1 Å². The molecule has 1 amide bonds. The molecule has 1 aliphatic rings. The molecule has 0 unspecified atom stereocenters. The minimum absolute atomic E-state index is 0.0126. The molecule has 3 rings (SSSR count). The van der Waals surface area contributed by atoms with Crippen LogP contribution >= 0.6 is 11.3 Å². The lowest BCUT2D eigenvalue weighted by Crippen LogP contribution is -2.35. The topological polar surface area (TPSA) is 48.0 Å². The highest BCUT2D eigenvalue weighted by Gasteiger charge is 2.27. The molecule has 2 heterocycles. The lowest BCUT2D eigenvalue weighted by atomic mass is 10.00. The molecular weight excluding hydrogens is 326 g/mol. The first-order chi connectivity index (χ1) is 11.7. The average molecular weight is 347 g/mol. The lowest BCUT2D eigenvalue weighted by Gasteiger charge is -2.30. The smallest absolute Gasteiger partial charge is 0.268 e. The van der Waals surface area contributed by atoms with Gasteiger partial charge >= 0.3 is 0 Å². The molecule has 0 saturated heterocycles. The van der Waals surface area contributed by atoms with E-state index in [2.05, 4.69) is 0 Å². The van der Waals surface area contributed by atoms with Gasteiger partial charge in [-0.1, -0.05) is 0 Å². The van der Waals surface area contributed by atoms with Crippen LogP contribution in [0.4, 0.5) is 5.69 Å². The van der Waals surface area contributed by atoms with Gasteiger partial charge in [0.1, 0.15) is 11.5 Å². The van der Waals surface area contributed by atoms with Crippen LogP contribution in [0.25, 0.3) is 0 Å². The van der Waals surface area contributed by atoms with Gasteiger partial charge in [-0.25, -0.2) is 0 Å². The Kier molecular flexibility index (Phi) is 5.06. The number of amides is 1. The molecule has 0 radical (unpaired) electrons. The molecule has 1 aliphatic heterocycles. The Hall–Kier alpha value is -2.05. The van der Waals surface area contributed by atoms with Crippen molar-refractivity contribution in [1.82, 2.24) is 0 Å². The van der Waals surface area contributed by atoms with E-state index in [0.717, 1.165) is 40.3 Å². The summed E-state index contributed by atoms with van der Waals surface area (Å²) in [5, 5.41) is 1.97. The van der Waals surface area contributed by atoms with Crippen LogP contribution < -0.4 is 14.4 Å². The van der Waals surface area contributed by atoms with Crippen LogP contribution in [-0.4, -0.2) is 33.8 Å². The van der Waals surface area contributed by atoms with Crippen molar-refractivity contribution in [3.05, 3.63) is 39.6 Å². The third-order valence-corrected chi connectivity index (χ3v) is 5.10. The largest absolute Gasteiger partial charge is 0.497 e. The second-order valence-corrected chi connectivity index (χ2v) is 6.55. The molecule has 2 aromatic rings. The fourth-order valence-corrected chi connectivity index (χ4v) is 3.85. The summed E-state index contributed by atoms with van der Waals surface area (Å²) in [5.41, 5.74) is 2.96. The molecule has 0 N–H and O–H groups in total. The number of carbonyl (C=O) groups is 1. The minimum atomic E-state index is 0.0126. The van der Waals surface area contributed by atoms with Crippen molar-refractivity contribution in [2.45, 2.75) is 19.4 Å². The van der Waals surface area contributed by atoms with Crippen molar-refractivity contribution >= 4 is 22.9 Å². The third kappa shape index (κ3) is 3.12. The number of anilines is 1. The van der Waals surface area contributed by atoms with Crippen molar-refractivity contribution < 1.29 is 19.0 Å². The Labute approximate surface area is 145 Å². The summed E-state index contributed by atoms with van der Waals surface area (Å²) < 4.78 is 16.0. The number of benzene rings is 1. The zero-order valence-electron chi connectivity index (χ0n) is 14.1. The van der Waals surface area contributed by atoms with E-state index < -0.39 is 0 Å². The van der Waals surface area contributed by atoms with E-state index in [0.29, 0.717) is 18.9 Å². The normalized spacial score (nSPS) is 13.5. The molecule has 6 heteroatoms. The van der Waals surface area contributed by atoms with Gasteiger partial charge in [0.15, 0.2) is 0 Å². The van der Waals surface area contributed by atoms with Gasteiger partial charge in [0, 0.05) is 31.4 Å². The molecule has 0 bridgehead atoms. The van der Waals surface area contributed by atoms with E-state index in [1.54, 1.807) is 21.3 Å². The highest BCUT2D eigenvalue weighted by Crippen LogP contribution is 2.39. The Morgan fingerprint density at radius 2 is 2.04 bits per heavy atom. The summed E-state index contributed by atoms with van der Waals surface area (Å²) in [6.07, 6.45) is 1.81. The monoisotopic (exact) mass is 347 g/mol. The predicted octanol–water partition coefficient (Wildman–Crippen LogP) is 3.50. The number of thiophene rings is 1. The number of methoxy groups -OCH3 is 3. The molecule has 1 aromatic carbocycles. The third-order valence-electron chi connectivity index (χ3n) is 4.13.